The Morgan fingerprint density at radius 2 is 1.94 bits per heavy atom. The molecule has 106 valence electrons. The van der Waals surface area contributed by atoms with Gasteiger partial charge in [-0.2, -0.15) is 0 Å². The molecule has 2 heteroatoms. The van der Waals surface area contributed by atoms with Crippen molar-refractivity contribution in [1.29, 1.82) is 0 Å². The molecule has 18 heavy (non-hydrogen) atoms. The average Bonchev–Trinajstić information content (AvgIpc) is 2.28. The first-order valence-corrected chi connectivity index (χ1v) is 7.90. The van der Waals surface area contributed by atoms with E-state index >= 15 is 0 Å². The van der Waals surface area contributed by atoms with E-state index < -0.39 is 0 Å². The summed E-state index contributed by atoms with van der Waals surface area (Å²) in [6.07, 6.45) is 6.74. The molecule has 2 rings (SSSR count). The van der Waals surface area contributed by atoms with Crippen LogP contribution in [0.2, 0.25) is 0 Å². The average molecular weight is 252 g/mol. The van der Waals surface area contributed by atoms with E-state index in [9.17, 15) is 0 Å². The van der Waals surface area contributed by atoms with Crippen LogP contribution in [0.15, 0.2) is 0 Å². The van der Waals surface area contributed by atoms with Gasteiger partial charge in [0.25, 0.3) is 0 Å². The summed E-state index contributed by atoms with van der Waals surface area (Å²) < 4.78 is 0. The molecular formula is C16H32N2. The zero-order valence-corrected chi connectivity index (χ0v) is 12.8. The highest BCUT2D eigenvalue weighted by Crippen LogP contribution is 2.38. The molecule has 4 atom stereocenters. The third-order valence-electron chi connectivity index (χ3n) is 5.55. The Morgan fingerprint density at radius 1 is 1.22 bits per heavy atom. The molecule has 1 aliphatic carbocycles. The molecule has 1 heterocycles. The number of piperidine rings is 1. The fourth-order valence-corrected chi connectivity index (χ4v) is 4.04. The highest BCUT2D eigenvalue weighted by atomic mass is 15.2. The zero-order valence-electron chi connectivity index (χ0n) is 12.8. The largest absolute Gasteiger partial charge is 0.327 e. The summed E-state index contributed by atoms with van der Waals surface area (Å²) in [5.74, 6) is 1.62. The molecule has 0 radical (unpaired) electrons. The second kappa shape index (κ2) is 5.50. The summed E-state index contributed by atoms with van der Waals surface area (Å²) in [4.78, 5) is 2.70. The lowest BCUT2D eigenvalue weighted by Gasteiger charge is -2.46. The Morgan fingerprint density at radius 3 is 2.61 bits per heavy atom. The standard InChI is InChI=1S/C16H32N2/c1-12-7-9-18(13(2)10-12)11-14-6-5-8-16(3,4)15(14)17/h12-15H,5-11,17H2,1-4H3. The van der Waals surface area contributed by atoms with Crippen molar-refractivity contribution in [2.24, 2.45) is 23.0 Å². The van der Waals surface area contributed by atoms with Crippen LogP contribution < -0.4 is 5.73 Å². The molecule has 1 aliphatic heterocycles. The summed E-state index contributed by atoms with van der Waals surface area (Å²) in [5, 5.41) is 0. The highest BCUT2D eigenvalue weighted by Gasteiger charge is 2.37. The monoisotopic (exact) mass is 252 g/mol. The van der Waals surface area contributed by atoms with E-state index in [0.29, 0.717) is 17.4 Å². The Kier molecular flexibility index (Phi) is 4.38. The van der Waals surface area contributed by atoms with Crippen LogP contribution in [-0.4, -0.2) is 30.1 Å². The van der Waals surface area contributed by atoms with Gasteiger partial charge >= 0.3 is 0 Å². The molecule has 1 saturated carbocycles. The molecule has 0 amide bonds. The third kappa shape index (κ3) is 3.08. The number of rotatable bonds is 2. The molecule has 2 fully saturated rings. The van der Waals surface area contributed by atoms with Crippen molar-refractivity contribution in [3.05, 3.63) is 0 Å². The van der Waals surface area contributed by atoms with Crippen molar-refractivity contribution < 1.29 is 0 Å². The lowest BCUT2D eigenvalue weighted by Crippen LogP contribution is -2.52. The van der Waals surface area contributed by atoms with Gasteiger partial charge in [-0.3, -0.25) is 0 Å². The Labute approximate surface area is 113 Å². The van der Waals surface area contributed by atoms with Gasteiger partial charge in [-0.15, -0.1) is 0 Å². The fourth-order valence-electron chi connectivity index (χ4n) is 4.04. The minimum absolute atomic E-state index is 0.342. The van der Waals surface area contributed by atoms with Crippen LogP contribution in [0.4, 0.5) is 0 Å². The molecule has 2 aliphatic rings. The van der Waals surface area contributed by atoms with Crippen molar-refractivity contribution in [3.63, 3.8) is 0 Å². The van der Waals surface area contributed by atoms with Crippen LogP contribution in [0.25, 0.3) is 0 Å². The molecule has 1 saturated heterocycles. The Balaban J connectivity index is 1.92. The van der Waals surface area contributed by atoms with E-state index in [-0.39, 0.29) is 0 Å². The number of hydrogen-bond acceptors (Lipinski definition) is 2. The topological polar surface area (TPSA) is 29.3 Å². The van der Waals surface area contributed by atoms with Crippen molar-refractivity contribution in [1.82, 2.24) is 4.90 Å². The van der Waals surface area contributed by atoms with Crippen LogP contribution in [0, 0.1) is 17.3 Å². The van der Waals surface area contributed by atoms with E-state index in [0.717, 1.165) is 12.0 Å². The van der Waals surface area contributed by atoms with Gasteiger partial charge in [0.05, 0.1) is 0 Å². The maximum Gasteiger partial charge on any atom is 0.0131 e. The van der Waals surface area contributed by atoms with Gasteiger partial charge in [-0.05, 0) is 56.4 Å². The fraction of sp³-hybridized carbons (Fsp3) is 1.00. The van der Waals surface area contributed by atoms with Gasteiger partial charge in [-0.1, -0.05) is 27.2 Å². The maximum absolute atomic E-state index is 6.52. The first-order chi connectivity index (χ1) is 8.40. The quantitative estimate of drug-likeness (QED) is 0.817. The molecule has 2 N–H and O–H groups in total. The minimum atomic E-state index is 0.342. The predicted octanol–water partition coefficient (Wildman–Crippen LogP) is 3.26. The third-order valence-corrected chi connectivity index (χ3v) is 5.55. The predicted molar refractivity (Wildman–Crippen MR) is 78.5 cm³/mol. The molecular weight excluding hydrogens is 220 g/mol. The SMILES string of the molecule is CC1CCN(CC2CCCC(C)(C)C2N)C(C)C1. The van der Waals surface area contributed by atoms with Crippen molar-refractivity contribution in [2.45, 2.75) is 71.9 Å². The zero-order chi connectivity index (χ0) is 13.3. The molecule has 4 unspecified atom stereocenters. The smallest absolute Gasteiger partial charge is 0.0131 e. The summed E-state index contributed by atoms with van der Waals surface area (Å²) in [5.41, 5.74) is 6.86. The summed E-state index contributed by atoms with van der Waals surface area (Å²) in [6, 6.07) is 1.14. The second-order valence-electron chi connectivity index (χ2n) is 7.64. The Bertz CT molecular complexity index is 274. The number of hydrogen-bond donors (Lipinski definition) is 1. The van der Waals surface area contributed by atoms with E-state index in [2.05, 4.69) is 32.6 Å². The lowest BCUT2D eigenvalue weighted by molar-refractivity contribution is 0.0615. The molecule has 0 bridgehead atoms. The van der Waals surface area contributed by atoms with E-state index in [1.54, 1.807) is 0 Å². The second-order valence-corrected chi connectivity index (χ2v) is 7.64. The van der Waals surface area contributed by atoms with Gasteiger partial charge in [0.15, 0.2) is 0 Å². The maximum atomic E-state index is 6.52. The van der Waals surface area contributed by atoms with Crippen molar-refractivity contribution >= 4 is 0 Å². The van der Waals surface area contributed by atoms with Crippen molar-refractivity contribution in [2.75, 3.05) is 13.1 Å². The van der Waals surface area contributed by atoms with Gasteiger partial charge < -0.3 is 10.6 Å². The van der Waals surface area contributed by atoms with Crippen LogP contribution in [0.5, 0.6) is 0 Å². The normalized spacial score (nSPS) is 41.8. The number of likely N-dealkylation sites (tertiary alicyclic amines) is 1. The van der Waals surface area contributed by atoms with Crippen LogP contribution >= 0.6 is 0 Å². The van der Waals surface area contributed by atoms with Gasteiger partial charge in [0, 0.05) is 18.6 Å². The van der Waals surface area contributed by atoms with Gasteiger partial charge in [0.2, 0.25) is 0 Å². The summed E-state index contributed by atoms with van der Waals surface area (Å²) in [7, 11) is 0. The summed E-state index contributed by atoms with van der Waals surface area (Å²) >= 11 is 0. The van der Waals surface area contributed by atoms with Gasteiger partial charge in [0.1, 0.15) is 0 Å². The first kappa shape index (κ1) is 14.3. The van der Waals surface area contributed by atoms with Crippen molar-refractivity contribution in [3.8, 4) is 0 Å². The number of nitrogens with two attached hydrogens (primary N) is 1. The molecule has 0 aromatic heterocycles. The highest BCUT2D eigenvalue weighted by molar-refractivity contribution is 4.93. The van der Waals surface area contributed by atoms with E-state index in [1.165, 1.54) is 45.2 Å². The Hall–Kier alpha value is -0.0800. The first-order valence-electron chi connectivity index (χ1n) is 7.90. The number of nitrogens with zero attached hydrogens (tertiary/aromatic N) is 1. The van der Waals surface area contributed by atoms with Crippen LogP contribution in [-0.2, 0) is 0 Å². The van der Waals surface area contributed by atoms with Crippen LogP contribution in [0.3, 0.4) is 0 Å². The minimum Gasteiger partial charge on any atom is -0.327 e. The molecule has 2 nitrogen and oxygen atoms in total. The summed E-state index contributed by atoms with van der Waals surface area (Å²) in [6.45, 7) is 12.0. The molecule has 0 aromatic carbocycles. The van der Waals surface area contributed by atoms with E-state index in [4.69, 9.17) is 5.73 Å². The molecule has 0 aromatic rings. The molecule has 0 spiro atoms. The lowest BCUT2D eigenvalue weighted by atomic mass is 9.68. The van der Waals surface area contributed by atoms with Crippen LogP contribution in [0.1, 0.15) is 59.8 Å². The van der Waals surface area contributed by atoms with Gasteiger partial charge in [-0.25, -0.2) is 0 Å². The van der Waals surface area contributed by atoms with E-state index in [1.807, 2.05) is 0 Å².